The molecule has 0 saturated carbocycles. The Morgan fingerprint density at radius 1 is 1.24 bits per heavy atom. The number of nitrogens with zero attached hydrogens (tertiary/aromatic N) is 3. The number of aromatic nitrogens is 3. The topological polar surface area (TPSA) is 59.8 Å². The van der Waals surface area contributed by atoms with Crippen LogP contribution in [-0.2, 0) is 13.5 Å². The number of nitrogens with one attached hydrogen (secondary N) is 1. The van der Waals surface area contributed by atoms with Crippen LogP contribution in [0.4, 0.5) is 4.39 Å². The van der Waals surface area contributed by atoms with Crippen molar-refractivity contribution in [3.05, 3.63) is 71.9 Å². The molecule has 3 rings (SSSR count). The summed E-state index contributed by atoms with van der Waals surface area (Å²) in [4.78, 5) is 16.3. The van der Waals surface area contributed by atoms with E-state index in [1.54, 1.807) is 36.1 Å². The van der Waals surface area contributed by atoms with E-state index < -0.39 is 0 Å². The number of hydrogen-bond donors (Lipinski definition) is 1. The quantitative estimate of drug-likeness (QED) is 0.703. The predicted octanol–water partition coefficient (Wildman–Crippen LogP) is 2.98. The van der Waals surface area contributed by atoms with E-state index in [1.165, 1.54) is 12.1 Å². The summed E-state index contributed by atoms with van der Waals surface area (Å²) in [7, 11) is 1.76. The van der Waals surface area contributed by atoms with Gasteiger partial charge in [-0.15, -0.1) is 0 Å². The standard InChI is InChI=1S/C19H19FN4O/c1-24-18(15-6-8-16(20)9-7-15)12-17(23-24)19(25)22-11-3-5-14-4-2-10-21-13-14/h2,4,6-10,12-13H,3,5,11H2,1H3,(H,22,25). The maximum Gasteiger partial charge on any atom is 0.271 e. The number of amides is 1. The lowest BCUT2D eigenvalue weighted by molar-refractivity contribution is 0.0947. The van der Waals surface area contributed by atoms with Crippen LogP contribution in [0.5, 0.6) is 0 Å². The molecule has 128 valence electrons. The van der Waals surface area contributed by atoms with Crippen LogP contribution in [0.1, 0.15) is 22.5 Å². The predicted molar refractivity (Wildman–Crippen MR) is 93.5 cm³/mol. The van der Waals surface area contributed by atoms with Crippen LogP contribution in [0, 0.1) is 5.82 Å². The first kappa shape index (κ1) is 16.8. The molecule has 0 radical (unpaired) electrons. The number of carbonyl (C=O) groups is 1. The van der Waals surface area contributed by atoms with E-state index >= 15 is 0 Å². The molecule has 2 heterocycles. The maximum atomic E-state index is 13.0. The zero-order chi connectivity index (χ0) is 17.6. The van der Waals surface area contributed by atoms with Crippen molar-refractivity contribution in [2.45, 2.75) is 12.8 Å². The molecule has 0 aliphatic rings. The summed E-state index contributed by atoms with van der Waals surface area (Å²) in [5, 5.41) is 7.12. The van der Waals surface area contributed by atoms with Crippen molar-refractivity contribution in [1.82, 2.24) is 20.1 Å². The smallest absolute Gasteiger partial charge is 0.271 e. The molecule has 3 aromatic rings. The Kier molecular flexibility index (Phi) is 5.18. The molecule has 0 aliphatic heterocycles. The Labute approximate surface area is 145 Å². The third-order valence-corrected chi connectivity index (χ3v) is 3.90. The molecule has 1 N–H and O–H groups in total. The van der Waals surface area contributed by atoms with Crippen LogP contribution < -0.4 is 5.32 Å². The third-order valence-electron chi connectivity index (χ3n) is 3.90. The molecule has 1 aromatic carbocycles. The molecule has 1 amide bonds. The van der Waals surface area contributed by atoms with Crippen LogP contribution in [0.15, 0.2) is 54.9 Å². The fraction of sp³-hybridized carbons (Fsp3) is 0.211. The SMILES string of the molecule is Cn1nc(C(=O)NCCCc2cccnc2)cc1-c1ccc(F)cc1. The minimum atomic E-state index is -0.294. The van der Waals surface area contributed by atoms with E-state index in [0.717, 1.165) is 29.7 Å². The van der Waals surface area contributed by atoms with Gasteiger partial charge in [0, 0.05) is 26.0 Å². The summed E-state index contributed by atoms with van der Waals surface area (Å²) < 4.78 is 14.7. The van der Waals surface area contributed by atoms with Gasteiger partial charge in [-0.2, -0.15) is 5.10 Å². The monoisotopic (exact) mass is 338 g/mol. The van der Waals surface area contributed by atoms with Crippen molar-refractivity contribution in [1.29, 1.82) is 0 Å². The first-order valence-electron chi connectivity index (χ1n) is 8.10. The van der Waals surface area contributed by atoms with Crippen molar-refractivity contribution in [3.63, 3.8) is 0 Å². The fourth-order valence-electron chi connectivity index (χ4n) is 2.60. The molecule has 0 spiro atoms. The van der Waals surface area contributed by atoms with E-state index in [1.807, 2.05) is 18.3 Å². The van der Waals surface area contributed by atoms with E-state index in [4.69, 9.17) is 0 Å². The fourth-order valence-corrected chi connectivity index (χ4v) is 2.60. The highest BCUT2D eigenvalue weighted by Gasteiger charge is 2.13. The minimum Gasteiger partial charge on any atom is -0.351 e. The van der Waals surface area contributed by atoms with Gasteiger partial charge in [0.25, 0.3) is 5.91 Å². The molecule has 0 fully saturated rings. The normalized spacial score (nSPS) is 10.6. The van der Waals surface area contributed by atoms with E-state index in [9.17, 15) is 9.18 Å². The van der Waals surface area contributed by atoms with Gasteiger partial charge in [0.2, 0.25) is 0 Å². The molecule has 0 aliphatic carbocycles. The van der Waals surface area contributed by atoms with Gasteiger partial charge in [0.1, 0.15) is 5.82 Å². The summed E-state index contributed by atoms with van der Waals surface area (Å²) in [5.74, 6) is -0.507. The Morgan fingerprint density at radius 2 is 2.04 bits per heavy atom. The number of aryl methyl sites for hydroxylation is 2. The number of carbonyl (C=O) groups excluding carboxylic acids is 1. The van der Waals surface area contributed by atoms with Gasteiger partial charge in [0.05, 0.1) is 5.69 Å². The van der Waals surface area contributed by atoms with Crippen LogP contribution in [0.25, 0.3) is 11.3 Å². The molecular weight excluding hydrogens is 319 g/mol. The molecular formula is C19H19FN4O. The lowest BCUT2D eigenvalue weighted by Crippen LogP contribution is -2.25. The van der Waals surface area contributed by atoms with Crippen LogP contribution in [-0.4, -0.2) is 27.2 Å². The minimum absolute atomic E-state index is 0.213. The summed E-state index contributed by atoms with van der Waals surface area (Å²) in [6.07, 6.45) is 5.26. The zero-order valence-electron chi connectivity index (χ0n) is 13.9. The summed E-state index contributed by atoms with van der Waals surface area (Å²) >= 11 is 0. The van der Waals surface area contributed by atoms with Gasteiger partial charge in [-0.3, -0.25) is 14.5 Å². The molecule has 5 nitrogen and oxygen atoms in total. The van der Waals surface area contributed by atoms with Crippen LogP contribution >= 0.6 is 0 Å². The third kappa shape index (κ3) is 4.29. The van der Waals surface area contributed by atoms with Crippen molar-refractivity contribution in [2.24, 2.45) is 7.05 Å². The lowest BCUT2D eigenvalue weighted by atomic mass is 10.1. The van der Waals surface area contributed by atoms with Gasteiger partial charge in [-0.25, -0.2) is 4.39 Å². The Hall–Kier alpha value is -3.02. The summed E-state index contributed by atoms with van der Waals surface area (Å²) in [6.45, 7) is 0.566. The van der Waals surface area contributed by atoms with Gasteiger partial charge in [-0.1, -0.05) is 6.07 Å². The first-order valence-corrected chi connectivity index (χ1v) is 8.10. The number of hydrogen-bond acceptors (Lipinski definition) is 3. The van der Waals surface area contributed by atoms with Crippen LogP contribution in [0.2, 0.25) is 0 Å². The zero-order valence-corrected chi connectivity index (χ0v) is 13.9. The molecule has 2 aromatic heterocycles. The van der Waals surface area contributed by atoms with E-state index in [-0.39, 0.29) is 11.7 Å². The van der Waals surface area contributed by atoms with Gasteiger partial charge in [0.15, 0.2) is 5.69 Å². The molecule has 6 heteroatoms. The van der Waals surface area contributed by atoms with Crippen molar-refractivity contribution in [2.75, 3.05) is 6.54 Å². The Morgan fingerprint density at radius 3 is 2.76 bits per heavy atom. The van der Waals surface area contributed by atoms with Gasteiger partial charge < -0.3 is 5.32 Å². The molecule has 25 heavy (non-hydrogen) atoms. The lowest BCUT2D eigenvalue weighted by Gasteiger charge is -2.03. The number of benzene rings is 1. The Bertz CT molecular complexity index is 844. The van der Waals surface area contributed by atoms with Crippen molar-refractivity contribution < 1.29 is 9.18 Å². The van der Waals surface area contributed by atoms with Gasteiger partial charge in [-0.05, 0) is 60.4 Å². The summed E-state index contributed by atoms with van der Waals surface area (Å²) in [5.41, 5.74) is 3.07. The first-order chi connectivity index (χ1) is 12.1. The highest BCUT2D eigenvalue weighted by atomic mass is 19.1. The number of pyridine rings is 1. The number of rotatable bonds is 6. The molecule has 0 saturated heterocycles. The second-order valence-corrected chi connectivity index (χ2v) is 5.77. The van der Waals surface area contributed by atoms with E-state index in [2.05, 4.69) is 15.4 Å². The van der Waals surface area contributed by atoms with E-state index in [0.29, 0.717) is 12.2 Å². The molecule has 0 bridgehead atoms. The van der Waals surface area contributed by atoms with Crippen LogP contribution in [0.3, 0.4) is 0 Å². The molecule has 0 atom stereocenters. The average molecular weight is 338 g/mol. The van der Waals surface area contributed by atoms with Crippen molar-refractivity contribution in [3.8, 4) is 11.3 Å². The average Bonchev–Trinajstić information content (AvgIpc) is 3.02. The highest BCUT2D eigenvalue weighted by Crippen LogP contribution is 2.20. The number of halogens is 1. The second kappa shape index (κ2) is 7.70. The summed E-state index contributed by atoms with van der Waals surface area (Å²) in [6, 6.07) is 11.7. The second-order valence-electron chi connectivity index (χ2n) is 5.77. The highest BCUT2D eigenvalue weighted by molar-refractivity contribution is 5.93. The largest absolute Gasteiger partial charge is 0.351 e. The molecule has 0 unspecified atom stereocenters. The Balaban J connectivity index is 1.57. The van der Waals surface area contributed by atoms with Gasteiger partial charge >= 0.3 is 0 Å². The van der Waals surface area contributed by atoms with Crippen molar-refractivity contribution >= 4 is 5.91 Å². The maximum absolute atomic E-state index is 13.0.